The third kappa shape index (κ3) is 11.2. The van der Waals surface area contributed by atoms with E-state index in [9.17, 15) is 13.5 Å². The van der Waals surface area contributed by atoms with Gasteiger partial charge in [-0.25, -0.2) is 4.98 Å². The van der Waals surface area contributed by atoms with Crippen LogP contribution < -0.4 is 5.73 Å². The molecule has 328 valence electrons. The maximum atomic E-state index is 14.8. The van der Waals surface area contributed by atoms with E-state index in [-0.39, 0.29) is 28.5 Å². The lowest BCUT2D eigenvalue weighted by Gasteiger charge is -2.47. The Morgan fingerprint density at radius 3 is 2.07 bits per heavy atom. The highest BCUT2D eigenvalue weighted by Crippen LogP contribution is 2.51. The largest absolute Gasteiger partial charge is 0.469 e. The van der Waals surface area contributed by atoms with Crippen LogP contribution in [-0.4, -0.2) is 34.5 Å². The summed E-state index contributed by atoms with van der Waals surface area (Å²) in [6.45, 7) is 27.4. The number of carbonyl (C=O) groups excluding carboxylic acids is 2. The van der Waals surface area contributed by atoms with E-state index < -0.39 is 27.0 Å². The van der Waals surface area contributed by atoms with Crippen LogP contribution in [0.25, 0.3) is 17.1 Å². The van der Waals surface area contributed by atoms with Crippen molar-refractivity contribution in [3.8, 4) is 17.1 Å². The number of nitrogens with zero attached hydrogens (tertiary/aromatic N) is 2. The molecule has 0 saturated heterocycles. The number of aryl methyl sites for hydroxylation is 2. The number of aromatic nitrogens is 2. The number of ether oxygens (including phenoxy) is 1. The summed E-state index contributed by atoms with van der Waals surface area (Å²) in [5.41, 5.74) is 11.0. The number of imidazole rings is 1. The standard InChI is InChI=1S/C52H74FN3O3S/c1-36-22-18-20-26-42(36)56-31-30-55-45(56)39-29-28-37(32-40(39)50(10,11)60-53)23-19-21-27-44(57)51(12,43(54)34-52(13,46(58)59-14)48(5,6)7)35-49(8,9)33-41(47(2,3)4)38-24-16-15-17-25-38/h15-18,20,22,24-26,28-32,41,43H,19,21,23,27,33-35,54H2,1-14H3. The Labute approximate surface area is 366 Å². The van der Waals surface area contributed by atoms with Crippen LogP contribution in [-0.2, 0) is 25.5 Å². The number of ketones is 1. The fraction of sp³-hybridized carbons (Fsp3) is 0.558. The van der Waals surface area contributed by atoms with E-state index >= 15 is 0 Å². The van der Waals surface area contributed by atoms with E-state index in [4.69, 9.17) is 15.5 Å². The minimum absolute atomic E-state index is 0.00518. The van der Waals surface area contributed by atoms with Crippen molar-refractivity contribution in [3.05, 3.63) is 107 Å². The summed E-state index contributed by atoms with van der Waals surface area (Å²) < 4.78 is 21.3. The molecule has 4 aromatic rings. The quantitative estimate of drug-likeness (QED) is 0.0747. The van der Waals surface area contributed by atoms with Crippen molar-refractivity contribution in [2.75, 3.05) is 7.11 Å². The molecule has 2 N–H and O–H groups in total. The maximum absolute atomic E-state index is 14.8. The van der Waals surface area contributed by atoms with Crippen molar-refractivity contribution in [1.29, 1.82) is 0 Å². The molecule has 0 fully saturated rings. The van der Waals surface area contributed by atoms with Gasteiger partial charge in [0.1, 0.15) is 11.6 Å². The molecule has 0 aliphatic rings. The second kappa shape index (κ2) is 19.1. The number of rotatable bonds is 19. The first-order valence-electron chi connectivity index (χ1n) is 21.8. The second-order valence-electron chi connectivity index (χ2n) is 21.2. The average Bonchev–Trinajstić information content (AvgIpc) is 3.67. The van der Waals surface area contributed by atoms with E-state index in [1.165, 1.54) is 12.7 Å². The lowest BCUT2D eigenvalue weighted by atomic mass is 9.57. The molecule has 1 aromatic heterocycles. The zero-order chi connectivity index (χ0) is 44.9. The number of benzene rings is 3. The van der Waals surface area contributed by atoms with Crippen LogP contribution >= 0.6 is 12.1 Å². The van der Waals surface area contributed by atoms with Crippen LogP contribution in [0.4, 0.5) is 3.89 Å². The van der Waals surface area contributed by atoms with Gasteiger partial charge in [-0.15, -0.1) is 0 Å². The van der Waals surface area contributed by atoms with E-state index in [0.29, 0.717) is 37.8 Å². The van der Waals surface area contributed by atoms with Crippen LogP contribution in [0, 0.1) is 34.0 Å². The van der Waals surface area contributed by atoms with Gasteiger partial charge in [-0.3, -0.25) is 14.2 Å². The smallest absolute Gasteiger partial charge is 0.312 e. The number of nitrogens with two attached hydrogens (primary N) is 1. The molecule has 0 aliphatic carbocycles. The van der Waals surface area contributed by atoms with Gasteiger partial charge < -0.3 is 10.5 Å². The Bertz CT molecular complexity index is 2060. The van der Waals surface area contributed by atoms with Gasteiger partial charge in [0.15, 0.2) is 0 Å². The van der Waals surface area contributed by atoms with Crippen molar-refractivity contribution >= 4 is 23.9 Å². The number of para-hydroxylation sites is 1. The van der Waals surface area contributed by atoms with Gasteiger partial charge >= 0.3 is 5.97 Å². The lowest BCUT2D eigenvalue weighted by Crippen LogP contribution is -2.54. The summed E-state index contributed by atoms with van der Waals surface area (Å²) in [5, 5.41) is 0. The highest BCUT2D eigenvalue weighted by molar-refractivity contribution is 7.95. The van der Waals surface area contributed by atoms with Gasteiger partial charge in [0.2, 0.25) is 0 Å². The first kappa shape index (κ1) is 48.9. The molecule has 0 radical (unpaired) electrons. The van der Waals surface area contributed by atoms with E-state index in [1.807, 2.05) is 66.8 Å². The van der Waals surface area contributed by atoms with E-state index in [0.717, 1.165) is 53.0 Å². The third-order valence-corrected chi connectivity index (χ3v) is 14.1. The Morgan fingerprint density at radius 2 is 1.48 bits per heavy atom. The number of hydrogen-bond acceptors (Lipinski definition) is 6. The van der Waals surface area contributed by atoms with Gasteiger partial charge in [0.25, 0.3) is 0 Å². The number of halogens is 1. The van der Waals surface area contributed by atoms with Crippen molar-refractivity contribution in [2.24, 2.45) is 32.8 Å². The molecule has 6 nitrogen and oxygen atoms in total. The van der Waals surface area contributed by atoms with Gasteiger partial charge in [-0.2, -0.15) is 3.89 Å². The number of hydrogen-bond donors (Lipinski definition) is 1. The topological polar surface area (TPSA) is 87.2 Å². The highest BCUT2D eigenvalue weighted by Gasteiger charge is 2.52. The van der Waals surface area contributed by atoms with Gasteiger partial charge in [-0.05, 0) is 117 Å². The fourth-order valence-electron chi connectivity index (χ4n) is 9.16. The molecule has 4 rings (SSSR count). The number of esters is 1. The second-order valence-corrected chi connectivity index (χ2v) is 22.4. The number of unbranched alkanes of at least 4 members (excludes halogenated alkanes) is 1. The van der Waals surface area contributed by atoms with Crippen molar-refractivity contribution in [1.82, 2.24) is 9.55 Å². The molecule has 0 bridgehead atoms. The molecule has 3 aromatic carbocycles. The molecule has 4 unspecified atom stereocenters. The highest BCUT2D eigenvalue weighted by atomic mass is 32.2. The van der Waals surface area contributed by atoms with Crippen LogP contribution in [0.1, 0.15) is 150 Å². The molecule has 0 aliphatic heterocycles. The average molecular weight is 840 g/mol. The van der Waals surface area contributed by atoms with E-state index in [1.54, 1.807) is 6.20 Å². The molecule has 1 heterocycles. The van der Waals surface area contributed by atoms with Gasteiger partial charge in [0, 0.05) is 41.5 Å². The van der Waals surface area contributed by atoms with Crippen LogP contribution in [0.15, 0.2) is 85.2 Å². The summed E-state index contributed by atoms with van der Waals surface area (Å²) in [5.74, 6) is 0.851. The molecule has 4 atom stereocenters. The molecule has 8 heteroatoms. The zero-order valence-electron chi connectivity index (χ0n) is 39.2. The summed E-state index contributed by atoms with van der Waals surface area (Å²) in [4.78, 5) is 33.1. The normalized spacial score (nSPS) is 15.8. The van der Waals surface area contributed by atoms with Crippen LogP contribution in [0.3, 0.4) is 0 Å². The third-order valence-electron chi connectivity index (χ3n) is 13.5. The predicted molar refractivity (Wildman–Crippen MR) is 250 cm³/mol. The van der Waals surface area contributed by atoms with Crippen LogP contribution in [0.2, 0.25) is 0 Å². The summed E-state index contributed by atoms with van der Waals surface area (Å²) >= 11 is 0.336. The molecule has 0 saturated carbocycles. The number of Topliss-reactive ketones (excluding diaryl/α,β-unsaturated/α-hetero) is 1. The van der Waals surface area contributed by atoms with Crippen LogP contribution in [0.5, 0.6) is 0 Å². The summed E-state index contributed by atoms with van der Waals surface area (Å²) in [7, 11) is 1.43. The van der Waals surface area contributed by atoms with E-state index in [2.05, 4.69) is 107 Å². The first-order chi connectivity index (χ1) is 27.8. The predicted octanol–water partition coefficient (Wildman–Crippen LogP) is 13.6. The number of carbonyl (C=O) groups is 2. The van der Waals surface area contributed by atoms with Gasteiger partial charge in [-0.1, -0.05) is 129 Å². The Hall–Kier alpha value is -3.75. The fourth-order valence-corrected chi connectivity index (χ4v) is 9.42. The summed E-state index contributed by atoms with van der Waals surface area (Å²) in [6.07, 6.45) is 8.09. The summed E-state index contributed by atoms with van der Waals surface area (Å²) in [6, 6.07) is 24.6. The monoisotopic (exact) mass is 840 g/mol. The Balaban J connectivity index is 1.61. The zero-order valence-corrected chi connectivity index (χ0v) is 40.0. The van der Waals surface area contributed by atoms with Crippen molar-refractivity contribution in [3.63, 3.8) is 0 Å². The van der Waals surface area contributed by atoms with Crippen molar-refractivity contribution in [2.45, 2.75) is 152 Å². The molecular weight excluding hydrogens is 766 g/mol. The molecular formula is C52H74FN3O3S. The first-order valence-corrected chi connectivity index (χ1v) is 22.5. The minimum Gasteiger partial charge on any atom is -0.469 e. The number of methoxy groups -OCH3 is 1. The molecule has 0 spiro atoms. The Morgan fingerprint density at radius 1 is 0.850 bits per heavy atom. The Kier molecular flexibility index (Phi) is 15.6. The minimum atomic E-state index is -0.905. The maximum Gasteiger partial charge on any atom is 0.312 e. The molecule has 60 heavy (non-hydrogen) atoms. The molecule has 0 amide bonds. The van der Waals surface area contributed by atoms with Gasteiger partial charge in [0.05, 0.1) is 29.4 Å². The lowest BCUT2D eigenvalue weighted by molar-refractivity contribution is -0.161. The SMILES string of the molecule is COC(=O)C(C)(CC(N)C(C)(CC(C)(C)CC(c1ccccc1)C(C)(C)C)C(=O)CCCCc1ccc(-c2nccn2-c2ccccc2C)c(C(C)(C)SF)c1)C(C)(C)C. The van der Waals surface area contributed by atoms with Crippen molar-refractivity contribution < 1.29 is 18.2 Å².